The van der Waals surface area contributed by atoms with Crippen LogP contribution in [-0.2, 0) is 0 Å². The van der Waals surface area contributed by atoms with Crippen LogP contribution in [0.25, 0.3) is 0 Å². The van der Waals surface area contributed by atoms with Crippen molar-refractivity contribution in [3.05, 3.63) is 36.0 Å². The molecule has 0 amide bonds. The van der Waals surface area contributed by atoms with Gasteiger partial charge in [0.25, 0.3) is 0 Å². The molecule has 2 aromatic rings. The maximum absolute atomic E-state index is 11.4. The van der Waals surface area contributed by atoms with Crippen molar-refractivity contribution in [2.45, 2.75) is 6.92 Å². The summed E-state index contributed by atoms with van der Waals surface area (Å²) in [5, 5.41) is 14.1. The fraction of sp³-hybridized carbons (Fsp3) is 0.333. The van der Waals surface area contributed by atoms with Crippen LogP contribution in [0, 0.1) is 0 Å². The van der Waals surface area contributed by atoms with E-state index in [4.69, 9.17) is 0 Å². The number of nitrogens with one attached hydrogen (secondary N) is 2. The third-order valence-corrected chi connectivity index (χ3v) is 2.95. The first-order chi connectivity index (χ1) is 10.5. The zero-order chi connectivity index (χ0) is 15.9. The van der Waals surface area contributed by atoms with Crippen molar-refractivity contribution >= 4 is 23.2 Å². The molecule has 0 aliphatic carbocycles. The summed E-state index contributed by atoms with van der Waals surface area (Å²) in [5.74, 6) is 1.06. The van der Waals surface area contributed by atoms with Crippen molar-refractivity contribution in [2.75, 3.05) is 37.8 Å². The van der Waals surface area contributed by atoms with Gasteiger partial charge in [0, 0.05) is 24.3 Å². The molecule has 0 atom stereocenters. The van der Waals surface area contributed by atoms with E-state index in [1.54, 1.807) is 18.3 Å². The number of Topliss-reactive ketones (excluding diaryl/α,β-unsaturated/α-hetero) is 1. The molecule has 1 heterocycles. The molecule has 7 nitrogen and oxygen atoms in total. The van der Waals surface area contributed by atoms with Crippen LogP contribution in [0.1, 0.15) is 17.3 Å². The molecule has 0 spiro atoms. The van der Waals surface area contributed by atoms with Crippen LogP contribution in [0.5, 0.6) is 0 Å². The van der Waals surface area contributed by atoms with Crippen molar-refractivity contribution < 1.29 is 4.79 Å². The van der Waals surface area contributed by atoms with Crippen molar-refractivity contribution in [3.8, 4) is 0 Å². The number of benzene rings is 1. The summed E-state index contributed by atoms with van der Waals surface area (Å²) in [6, 6.07) is 7.19. The molecular weight excluding hydrogens is 280 g/mol. The minimum Gasteiger partial charge on any atom is -0.367 e. The van der Waals surface area contributed by atoms with Crippen LogP contribution in [0.4, 0.5) is 17.5 Å². The van der Waals surface area contributed by atoms with Gasteiger partial charge in [-0.1, -0.05) is 12.1 Å². The van der Waals surface area contributed by atoms with E-state index in [1.807, 2.05) is 26.2 Å². The van der Waals surface area contributed by atoms with Gasteiger partial charge in [0.15, 0.2) is 11.6 Å². The number of anilines is 3. The normalized spacial score (nSPS) is 10.5. The van der Waals surface area contributed by atoms with E-state index in [2.05, 4.69) is 30.7 Å². The van der Waals surface area contributed by atoms with Gasteiger partial charge in [0.1, 0.15) is 0 Å². The molecule has 1 aromatic heterocycles. The van der Waals surface area contributed by atoms with Crippen LogP contribution in [-0.4, -0.2) is 53.0 Å². The molecule has 0 radical (unpaired) electrons. The lowest BCUT2D eigenvalue weighted by Crippen LogP contribution is -2.21. The first-order valence-corrected chi connectivity index (χ1v) is 7.01. The number of likely N-dealkylation sites (N-methyl/N-ethyl adjacent to an activating group) is 1. The van der Waals surface area contributed by atoms with Crippen LogP contribution in [0.3, 0.4) is 0 Å². The summed E-state index contributed by atoms with van der Waals surface area (Å²) in [6.45, 7) is 3.20. The molecule has 2 rings (SSSR count). The number of carbonyl (C=O) groups excluding carboxylic acids is 1. The number of carbonyl (C=O) groups is 1. The number of nitrogens with zero attached hydrogens (tertiary/aromatic N) is 4. The lowest BCUT2D eigenvalue weighted by Gasteiger charge is -2.11. The van der Waals surface area contributed by atoms with E-state index in [1.165, 1.54) is 6.92 Å². The number of ketones is 1. The van der Waals surface area contributed by atoms with Crippen molar-refractivity contribution in [3.63, 3.8) is 0 Å². The third kappa shape index (κ3) is 4.78. The molecule has 0 bridgehead atoms. The van der Waals surface area contributed by atoms with Crippen molar-refractivity contribution in [1.82, 2.24) is 20.1 Å². The zero-order valence-electron chi connectivity index (χ0n) is 13.0. The summed E-state index contributed by atoms with van der Waals surface area (Å²) < 4.78 is 0. The number of hydrogen-bond acceptors (Lipinski definition) is 7. The first-order valence-electron chi connectivity index (χ1n) is 7.01. The Morgan fingerprint density at radius 1 is 1.32 bits per heavy atom. The lowest BCUT2D eigenvalue weighted by molar-refractivity contribution is 0.101. The first kappa shape index (κ1) is 15.8. The van der Waals surface area contributed by atoms with E-state index >= 15 is 0 Å². The van der Waals surface area contributed by atoms with Gasteiger partial charge in [0.05, 0.1) is 6.20 Å². The quantitative estimate of drug-likeness (QED) is 0.754. The monoisotopic (exact) mass is 300 g/mol. The van der Waals surface area contributed by atoms with Gasteiger partial charge in [-0.3, -0.25) is 4.79 Å². The second-order valence-corrected chi connectivity index (χ2v) is 5.16. The lowest BCUT2D eigenvalue weighted by atomic mass is 10.1. The molecule has 0 aliphatic rings. The Hall–Kier alpha value is -2.54. The highest BCUT2D eigenvalue weighted by Gasteiger charge is 2.04. The van der Waals surface area contributed by atoms with E-state index < -0.39 is 0 Å². The molecule has 2 N–H and O–H groups in total. The fourth-order valence-corrected chi connectivity index (χ4v) is 1.79. The van der Waals surface area contributed by atoms with Gasteiger partial charge in [0.2, 0.25) is 5.95 Å². The summed E-state index contributed by atoms with van der Waals surface area (Å²) in [4.78, 5) is 17.8. The van der Waals surface area contributed by atoms with Gasteiger partial charge >= 0.3 is 0 Å². The van der Waals surface area contributed by atoms with Gasteiger partial charge in [-0.2, -0.15) is 10.1 Å². The average molecular weight is 300 g/mol. The summed E-state index contributed by atoms with van der Waals surface area (Å²) in [7, 11) is 4.02. The molecule has 0 saturated carbocycles. The minimum atomic E-state index is 0.0156. The Labute approximate surface area is 129 Å². The smallest absolute Gasteiger partial charge is 0.249 e. The second kappa shape index (κ2) is 7.46. The van der Waals surface area contributed by atoms with E-state index in [0.717, 1.165) is 18.8 Å². The van der Waals surface area contributed by atoms with Crippen LogP contribution in [0.15, 0.2) is 30.5 Å². The predicted molar refractivity (Wildman–Crippen MR) is 86.6 cm³/mol. The number of aromatic nitrogens is 3. The molecule has 0 fully saturated rings. The fourth-order valence-electron chi connectivity index (χ4n) is 1.79. The predicted octanol–water partition coefficient (Wildman–Crippen LogP) is 1.79. The Morgan fingerprint density at radius 3 is 2.86 bits per heavy atom. The van der Waals surface area contributed by atoms with Gasteiger partial charge < -0.3 is 15.5 Å². The van der Waals surface area contributed by atoms with E-state index in [-0.39, 0.29) is 5.78 Å². The zero-order valence-corrected chi connectivity index (χ0v) is 13.0. The van der Waals surface area contributed by atoms with Gasteiger partial charge in [-0.05, 0) is 33.2 Å². The number of rotatable bonds is 7. The SMILES string of the molecule is CC(=O)c1cccc(Nc2nncc(NCCN(C)C)n2)c1. The standard InChI is InChI=1S/C15H20N6O/c1-11(22)12-5-4-6-13(9-12)18-15-19-14(10-17-20-15)16-7-8-21(2)3/h4-6,9-10H,7-8H2,1-3H3,(H2,16,18,19,20). The third-order valence-electron chi connectivity index (χ3n) is 2.95. The Bertz CT molecular complexity index is 643. The van der Waals surface area contributed by atoms with Crippen molar-refractivity contribution in [2.24, 2.45) is 0 Å². The Balaban J connectivity index is 2.03. The highest BCUT2D eigenvalue weighted by Crippen LogP contribution is 2.15. The van der Waals surface area contributed by atoms with Crippen LogP contribution < -0.4 is 10.6 Å². The van der Waals surface area contributed by atoms with E-state index in [0.29, 0.717) is 17.3 Å². The molecule has 0 aliphatic heterocycles. The summed E-state index contributed by atoms with van der Waals surface area (Å²) in [5.41, 5.74) is 1.39. The Kier molecular flexibility index (Phi) is 5.37. The van der Waals surface area contributed by atoms with Gasteiger partial charge in [-0.15, -0.1) is 5.10 Å². The second-order valence-electron chi connectivity index (χ2n) is 5.16. The minimum absolute atomic E-state index is 0.0156. The maximum atomic E-state index is 11.4. The average Bonchev–Trinajstić information content (AvgIpc) is 2.47. The van der Waals surface area contributed by atoms with Gasteiger partial charge in [-0.25, -0.2) is 0 Å². The van der Waals surface area contributed by atoms with Crippen LogP contribution in [0.2, 0.25) is 0 Å². The summed E-state index contributed by atoms with van der Waals surface area (Å²) >= 11 is 0. The number of hydrogen-bond donors (Lipinski definition) is 2. The molecular formula is C15H20N6O. The molecule has 22 heavy (non-hydrogen) atoms. The van der Waals surface area contributed by atoms with Crippen molar-refractivity contribution in [1.29, 1.82) is 0 Å². The molecule has 1 aromatic carbocycles. The molecule has 7 heteroatoms. The molecule has 116 valence electrons. The van der Waals surface area contributed by atoms with E-state index in [9.17, 15) is 4.79 Å². The van der Waals surface area contributed by atoms with Crippen LogP contribution >= 0.6 is 0 Å². The molecule has 0 unspecified atom stereocenters. The summed E-state index contributed by atoms with van der Waals surface area (Å²) in [6.07, 6.45) is 1.58. The Morgan fingerprint density at radius 2 is 2.14 bits per heavy atom. The highest BCUT2D eigenvalue weighted by molar-refractivity contribution is 5.95. The molecule has 0 saturated heterocycles. The highest BCUT2D eigenvalue weighted by atomic mass is 16.1. The largest absolute Gasteiger partial charge is 0.367 e. The maximum Gasteiger partial charge on any atom is 0.249 e. The topological polar surface area (TPSA) is 83.0 Å².